The molecular formula is C6H9NO2S. The van der Waals surface area contributed by atoms with E-state index in [0.717, 1.165) is 5.69 Å². The molecule has 1 atom stereocenters. The van der Waals surface area contributed by atoms with Crippen molar-refractivity contribution in [1.82, 2.24) is 4.98 Å². The van der Waals surface area contributed by atoms with Gasteiger partial charge in [0.15, 0.2) is 0 Å². The van der Waals surface area contributed by atoms with Crippen molar-refractivity contribution in [3.05, 3.63) is 16.1 Å². The van der Waals surface area contributed by atoms with E-state index in [2.05, 4.69) is 9.72 Å². The molecule has 0 radical (unpaired) electrons. The van der Waals surface area contributed by atoms with Crippen LogP contribution in [-0.4, -0.2) is 17.2 Å². The van der Waals surface area contributed by atoms with Crippen LogP contribution in [0.5, 0.6) is 0 Å². The fourth-order valence-corrected chi connectivity index (χ4v) is 1.34. The van der Waals surface area contributed by atoms with Crippen molar-refractivity contribution in [3.8, 4) is 0 Å². The molecule has 0 saturated heterocycles. The van der Waals surface area contributed by atoms with Gasteiger partial charge in [-0.25, -0.2) is 4.98 Å². The SMILES string of the molecule is COC(O)c1nc(C)cs1. The van der Waals surface area contributed by atoms with Crippen LogP contribution < -0.4 is 0 Å². The maximum atomic E-state index is 9.07. The highest BCUT2D eigenvalue weighted by Gasteiger charge is 2.08. The van der Waals surface area contributed by atoms with Gasteiger partial charge < -0.3 is 9.84 Å². The zero-order chi connectivity index (χ0) is 7.56. The van der Waals surface area contributed by atoms with Crippen LogP contribution in [0.15, 0.2) is 5.38 Å². The predicted molar refractivity (Wildman–Crippen MR) is 38.8 cm³/mol. The Labute approximate surface area is 63.3 Å². The fourth-order valence-electron chi connectivity index (χ4n) is 0.586. The van der Waals surface area contributed by atoms with Crippen molar-refractivity contribution >= 4 is 11.3 Å². The first kappa shape index (κ1) is 7.65. The van der Waals surface area contributed by atoms with Crippen molar-refractivity contribution in [2.45, 2.75) is 13.2 Å². The first-order valence-corrected chi connectivity index (χ1v) is 3.75. The first-order valence-electron chi connectivity index (χ1n) is 2.87. The predicted octanol–water partition coefficient (Wildman–Crippen LogP) is 1.09. The lowest BCUT2D eigenvalue weighted by atomic mass is 10.6. The maximum absolute atomic E-state index is 9.07. The van der Waals surface area contributed by atoms with Crippen molar-refractivity contribution < 1.29 is 9.84 Å². The Hall–Kier alpha value is -0.450. The minimum absolute atomic E-state index is 0.611. The van der Waals surface area contributed by atoms with Gasteiger partial charge in [0.2, 0.25) is 6.29 Å². The van der Waals surface area contributed by atoms with E-state index in [9.17, 15) is 0 Å². The van der Waals surface area contributed by atoms with Gasteiger partial charge in [0.05, 0.1) is 0 Å². The van der Waals surface area contributed by atoms with Crippen LogP contribution in [-0.2, 0) is 4.74 Å². The third-order valence-electron chi connectivity index (χ3n) is 1.07. The van der Waals surface area contributed by atoms with Gasteiger partial charge in [-0.1, -0.05) is 0 Å². The van der Waals surface area contributed by atoms with Gasteiger partial charge in [0, 0.05) is 18.2 Å². The van der Waals surface area contributed by atoms with Gasteiger partial charge in [-0.2, -0.15) is 0 Å². The molecule has 1 aromatic heterocycles. The number of aliphatic hydroxyl groups excluding tert-OH is 1. The van der Waals surface area contributed by atoms with Crippen LogP contribution in [0, 0.1) is 6.92 Å². The number of aryl methyl sites for hydroxylation is 1. The number of rotatable bonds is 2. The Morgan fingerprint density at radius 2 is 2.50 bits per heavy atom. The lowest BCUT2D eigenvalue weighted by Gasteiger charge is -2.01. The highest BCUT2D eigenvalue weighted by molar-refractivity contribution is 7.09. The van der Waals surface area contributed by atoms with Gasteiger partial charge in [0.1, 0.15) is 5.01 Å². The largest absolute Gasteiger partial charge is 0.362 e. The van der Waals surface area contributed by atoms with Crippen LogP contribution in [0.1, 0.15) is 17.0 Å². The number of hydrogen-bond donors (Lipinski definition) is 1. The summed E-state index contributed by atoms with van der Waals surface area (Å²) in [6, 6.07) is 0. The number of nitrogens with zero attached hydrogens (tertiary/aromatic N) is 1. The van der Waals surface area contributed by atoms with Gasteiger partial charge in [-0.15, -0.1) is 11.3 Å². The highest BCUT2D eigenvalue weighted by atomic mass is 32.1. The molecule has 0 aliphatic rings. The van der Waals surface area contributed by atoms with E-state index in [-0.39, 0.29) is 0 Å². The molecule has 56 valence electrons. The highest BCUT2D eigenvalue weighted by Crippen LogP contribution is 2.17. The quantitative estimate of drug-likeness (QED) is 0.657. The average Bonchev–Trinajstić information content (AvgIpc) is 2.34. The molecule has 0 saturated carbocycles. The summed E-state index contributed by atoms with van der Waals surface area (Å²) in [5.41, 5.74) is 0.913. The van der Waals surface area contributed by atoms with Crippen LogP contribution in [0.3, 0.4) is 0 Å². The normalized spacial score (nSPS) is 13.5. The number of ether oxygens (including phenoxy) is 1. The summed E-state index contributed by atoms with van der Waals surface area (Å²) in [7, 11) is 1.45. The van der Waals surface area contributed by atoms with Crippen LogP contribution in [0.4, 0.5) is 0 Å². The number of hydrogen-bond acceptors (Lipinski definition) is 4. The molecule has 1 rings (SSSR count). The number of aromatic nitrogens is 1. The summed E-state index contributed by atoms with van der Waals surface area (Å²) in [6.07, 6.45) is -0.862. The fraction of sp³-hybridized carbons (Fsp3) is 0.500. The molecular weight excluding hydrogens is 150 g/mol. The standard InChI is InChI=1S/C6H9NO2S/c1-4-3-10-5(7-4)6(8)9-2/h3,6,8H,1-2H3. The molecule has 0 aliphatic carbocycles. The third-order valence-corrected chi connectivity index (χ3v) is 2.06. The zero-order valence-corrected chi connectivity index (χ0v) is 6.68. The number of methoxy groups -OCH3 is 1. The minimum Gasteiger partial charge on any atom is -0.362 e. The van der Waals surface area contributed by atoms with Gasteiger partial charge in [-0.3, -0.25) is 0 Å². The van der Waals surface area contributed by atoms with E-state index in [0.29, 0.717) is 5.01 Å². The lowest BCUT2D eigenvalue weighted by molar-refractivity contribution is -0.0770. The zero-order valence-electron chi connectivity index (χ0n) is 5.87. The van der Waals surface area contributed by atoms with E-state index in [1.807, 2.05) is 12.3 Å². The molecule has 4 heteroatoms. The van der Waals surface area contributed by atoms with Gasteiger partial charge in [-0.05, 0) is 6.92 Å². The molecule has 0 amide bonds. The van der Waals surface area contributed by atoms with E-state index < -0.39 is 6.29 Å². The molecule has 0 aromatic carbocycles. The molecule has 0 spiro atoms. The van der Waals surface area contributed by atoms with Crippen LogP contribution in [0.25, 0.3) is 0 Å². The minimum atomic E-state index is -0.862. The lowest BCUT2D eigenvalue weighted by Crippen LogP contribution is -1.98. The van der Waals surface area contributed by atoms with Crippen molar-refractivity contribution in [2.75, 3.05) is 7.11 Å². The maximum Gasteiger partial charge on any atom is 0.208 e. The second-order valence-corrected chi connectivity index (χ2v) is 2.80. The van der Waals surface area contributed by atoms with Crippen molar-refractivity contribution in [3.63, 3.8) is 0 Å². The smallest absolute Gasteiger partial charge is 0.208 e. The molecule has 0 aliphatic heterocycles. The van der Waals surface area contributed by atoms with Crippen molar-refractivity contribution in [1.29, 1.82) is 0 Å². The molecule has 0 fully saturated rings. The van der Waals surface area contributed by atoms with E-state index >= 15 is 0 Å². The molecule has 1 heterocycles. The molecule has 1 N–H and O–H groups in total. The Bertz CT molecular complexity index is 211. The Kier molecular flexibility index (Phi) is 2.37. The van der Waals surface area contributed by atoms with E-state index in [1.54, 1.807) is 0 Å². The molecule has 1 aromatic rings. The van der Waals surface area contributed by atoms with Crippen LogP contribution >= 0.6 is 11.3 Å². The van der Waals surface area contributed by atoms with E-state index in [1.165, 1.54) is 18.4 Å². The average molecular weight is 159 g/mol. The number of thiazole rings is 1. The first-order chi connectivity index (χ1) is 4.74. The Morgan fingerprint density at radius 3 is 2.90 bits per heavy atom. The summed E-state index contributed by atoms with van der Waals surface area (Å²) in [5.74, 6) is 0. The summed E-state index contributed by atoms with van der Waals surface area (Å²) in [5, 5.41) is 11.6. The number of aliphatic hydroxyl groups is 1. The van der Waals surface area contributed by atoms with Crippen molar-refractivity contribution in [2.24, 2.45) is 0 Å². The second kappa shape index (κ2) is 3.09. The van der Waals surface area contributed by atoms with Crippen LogP contribution in [0.2, 0.25) is 0 Å². The molecule has 10 heavy (non-hydrogen) atoms. The van der Waals surface area contributed by atoms with Gasteiger partial charge >= 0.3 is 0 Å². The third kappa shape index (κ3) is 1.53. The summed E-state index contributed by atoms with van der Waals surface area (Å²) in [4.78, 5) is 4.02. The summed E-state index contributed by atoms with van der Waals surface area (Å²) in [6.45, 7) is 1.88. The Morgan fingerprint density at radius 1 is 1.80 bits per heavy atom. The molecule has 0 bridgehead atoms. The van der Waals surface area contributed by atoms with E-state index in [4.69, 9.17) is 5.11 Å². The summed E-state index contributed by atoms with van der Waals surface area (Å²) >= 11 is 1.40. The second-order valence-electron chi connectivity index (χ2n) is 1.92. The Balaban J connectivity index is 2.74. The monoisotopic (exact) mass is 159 g/mol. The molecule has 3 nitrogen and oxygen atoms in total. The van der Waals surface area contributed by atoms with Gasteiger partial charge in [0.25, 0.3) is 0 Å². The summed E-state index contributed by atoms with van der Waals surface area (Å²) < 4.78 is 4.65. The molecule has 1 unspecified atom stereocenters. The topological polar surface area (TPSA) is 42.4 Å².